The third-order valence-corrected chi connectivity index (χ3v) is 4.79. The molecule has 0 N–H and O–H groups in total. The van der Waals surface area contributed by atoms with Crippen molar-refractivity contribution < 1.29 is 18.7 Å². The molecule has 0 spiro atoms. The van der Waals surface area contributed by atoms with Crippen LogP contribution in [0.5, 0.6) is 0 Å². The highest BCUT2D eigenvalue weighted by Crippen LogP contribution is 2.19. The predicted octanol–water partition coefficient (Wildman–Crippen LogP) is 4.37. The summed E-state index contributed by atoms with van der Waals surface area (Å²) in [4.78, 5) is 24.5. The van der Waals surface area contributed by atoms with Crippen LogP contribution in [0, 0.1) is 13.8 Å². The first-order chi connectivity index (χ1) is 13.0. The Hall–Kier alpha value is -2.79. The molecule has 5 nitrogen and oxygen atoms in total. The number of aromatic nitrogens is 1. The van der Waals surface area contributed by atoms with Crippen molar-refractivity contribution in [3.63, 3.8) is 0 Å². The fourth-order valence-electron chi connectivity index (χ4n) is 2.96. The zero-order valence-electron chi connectivity index (χ0n) is 15.2. The molecule has 0 aliphatic carbocycles. The summed E-state index contributed by atoms with van der Waals surface area (Å²) in [7, 11) is 0. The summed E-state index contributed by atoms with van der Waals surface area (Å²) in [6.07, 6.45) is 1.65. The number of benzene rings is 1. The van der Waals surface area contributed by atoms with Gasteiger partial charge in [-0.05, 0) is 43.7 Å². The van der Waals surface area contributed by atoms with Crippen molar-refractivity contribution in [1.29, 1.82) is 0 Å². The topological polar surface area (TPSA) is 61.4 Å². The van der Waals surface area contributed by atoms with Crippen LogP contribution in [0.15, 0.2) is 53.1 Å². The lowest BCUT2D eigenvalue weighted by Gasteiger charge is -2.08. The predicted molar refractivity (Wildman–Crippen MR) is 102 cm³/mol. The lowest BCUT2D eigenvalue weighted by molar-refractivity contribution is -0.141. The number of hydrogen-bond acceptors (Lipinski definition) is 4. The molecule has 27 heavy (non-hydrogen) atoms. The van der Waals surface area contributed by atoms with Crippen molar-refractivity contribution >= 4 is 23.4 Å². The molecule has 0 unspecified atom stereocenters. The Bertz CT molecular complexity index is 957. The van der Waals surface area contributed by atoms with Crippen LogP contribution >= 0.6 is 11.6 Å². The average Bonchev–Trinajstić information content (AvgIpc) is 3.25. The summed E-state index contributed by atoms with van der Waals surface area (Å²) < 4.78 is 12.5. The van der Waals surface area contributed by atoms with Gasteiger partial charge in [0.1, 0.15) is 5.76 Å². The molecule has 0 radical (unpaired) electrons. The normalized spacial score (nSPS) is 10.8. The van der Waals surface area contributed by atoms with Gasteiger partial charge in [-0.15, -0.1) is 0 Å². The number of Topliss-reactive ketones (excluding diaryl/α,β-unsaturated/α-hetero) is 1. The van der Waals surface area contributed by atoms with E-state index in [0.29, 0.717) is 22.7 Å². The average molecular weight is 386 g/mol. The molecule has 0 fully saturated rings. The number of carbonyl (C=O) groups excluding carboxylic acids is 2. The van der Waals surface area contributed by atoms with Crippen molar-refractivity contribution in [2.24, 2.45) is 0 Å². The summed E-state index contributed by atoms with van der Waals surface area (Å²) in [5, 5.41) is 0.502. The van der Waals surface area contributed by atoms with Crippen LogP contribution in [-0.4, -0.2) is 22.9 Å². The van der Waals surface area contributed by atoms with Crippen LogP contribution in [0.1, 0.15) is 33.1 Å². The molecule has 2 heterocycles. The number of nitrogens with zero attached hydrogens (tertiary/aromatic N) is 1. The number of hydrogen-bond donors (Lipinski definition) is 0. The second kappa shape index (κ2) is 8.27. The van der Waals surface area contributed by atoms with Gasteiger partial charge < -0.3 is 13.7 Å². The Morgan fingerprint density at radius 3 is 2.63 bits per heavy atom. The van der Waals surface area contributed by atoms with Gasteiger partial charge in [0.2, 0.25) is 5.78 Å². The second-order valence-corrected chi connectivity index (χ2v) is 6.71. The number of ketones is 1. The maximum atomic E-state index is 12.5. The van der Waals surface area contributed by atoms with Gasteiger partial charge in [0.15, 0.2) is 6.61 Å². The largest absolute Gasteiger partial charge is 0.467 e. The number of esters is 1. The SMILES string of the molecule is Cc1cc(C(=O)COC(=O)Cc2ccccc2Cl)c(C)n1Cc1ccco1. The molecule has 6 heteroatoms. The van der Waals surface area contributed by atoms with E-state index in [4.69, 9.17) is 20.8 Å². The minimum absolute atomic E-state index is 0.0322. The quantitative estimate of drug-likeness (QED) is 0.447. The maximum absolute atomic E-state index is 12.5. The number of aryl methyl sites for hydroxylation is 1. The smallest absolute Gasteiger partial charge is 0.310 e. The van der Waals surface area contributed by atoms with E-state index >= 15 is 0 Å². The monoisotopic (exact) mass is 385 g/mol. The van der Waals surface area contributed by atoms with Gasteiger partial charge in [-0.25, -0.2) is 0 Å². The number of furan rings is 1. The minimum atomic E-state index is -0.485. The van der Waals surface area contributed by atoms with E-state index in [2.05, 4.69) is 0 Å². The van der Waals surface area contributed by atoms with Gasteiger partial charge in [0.05, 0.1) is 19.2 Å². The first-order valence-corrected chi connectivity index (χ1v) is 8.95. The molecule has 3 aromatic rings. The van der Waals surface area contributed by atoms with E-state index in [1.54, 1.807) is 30.5 Å². The third kappa shape index (κ3) is 4.49. The van der Waals surface area contributed by atoms with Crippen LogP contribution in [-0.2, 0) is 22.5 Å². The van der Waals surface area contributed by atoms with E-state index in [9.17, 15) is 9.59 Å². The molecule has 0 saturated carbocycles. The highest BCUT2D eigenvalue weighted by Gasteiger charge is 2.18. The van der Waals surface area contributed by atoms with E-state index < -0.39 is 5.97 Å². The molecular weight excluding hydrogens is 366 g/mol. The molecule has 2 aromatic heterocycles. The van der Waals surface area contributed by atoms with Gasteiger partial charge in [-0.2, -0.15) is 0 Å². The third-order valence-electron chi connectivity index (χ3n) is 4.42. The minimum Gasteiger partial charge on any atom is -0.467 e. The van der Waals surface area contributed by atoms with Crippen molar-refractivity contribution in [3.8, 4) is 0 Å². The molecule has 0 aliphatic heterocycles. The zero-order valence-corrected chi connectivity index (χ0v) is 16.0. The highest BCUT2D eigenvalue weighted by atomic mass is 35.5. The lowest BCUT2D eigenvalue weighted by Crippen LogP contribution is -2.16. The molecule has 140 valence electrons. The molecule has 0 saturated heterocycles. The molecule has 3 rings (SSSR count). The van der Waals surface area contributed by atoms with Gasteiger partial charge in [0.25, 0.3) is 0 Å². The summed E-state index contributed by atoms with van der Waals surface area (Å²) in [6, 6.07) is 12.6. The van der Waals surface area contributed by atoms with E-state index in [1.165, 1.54) is 0 Å². The Kier molecular flexibility index (Phi) is 5.81. The Balaban J connectivity index is 1.63. The first kappa shape index (κ1) is 19.0. The van der Waals surface area contributed by atoms with Crippen molar-refractivity contribution in [1.82, 2.24) is 4.57 Å². The molecule has 0 amide bonds. The second-order valence-electron chi connectivity index (χ2n) is 6.30. The summed E-state index contributed by atoms with van der Waals surface area (Å²) in [5.41, 5.74) is 2.98. The molecule has 1 aromatic carbocycles. The molecule has 0 aliphatic rings. The number of ether oxygens (including phenoxy) is 1. The number of carbonyl (C=O) groups is 2. The number of rotatable bonds is 7. The van der Waals surface area contributed by atoms with Gasteiger partial charge >= 0.3 is 5.97 Å². The molecule has 0 bridgehead atoms. The van der Waals surface area contributed by atoms with Crippen molar-refractivity contribution in [2.75, 3.05) is 6.61 Å². The van der Waals surface area contributed by atoms with Crippen molar-refractivity contribution in [3.05, 3.63) is 82.0 Å². The fourth-order valence-corrected chi connectivity index (χ4v) is 3.16. The summed E-state index contributed by atoms with van der Waals surface area (Å²) in [5.74, 6) is 0.0871. The first-order valence-electron chi connectivity index (χ1n) is 8.57. The van der Waals surface area contributed by atoms with E-state index in [-0.39, 0.29) is 18.8 Å². The van der Waals surface area contributed by atoms with Crippen LogP contribution in [0.4, 0.5) is 0 Å². The fraction of sp³-hybridized carbons (Fsp3) is 0.238. The van der Waals surface area contributed by atoms with Crippen LogP contribution in [0.3, 0.4) is 0 Å². The summed E-state index contributed by atoms with van der Waals surface area (Å²) >= 11 is 6.04. The molecular formula is C21H20ClNO4. The zero-order chi connectivity index (χ0) is 19.4. The maximum Gasteiger partial charge on any atom is 0.310 e. The van der Waals surface area contributed by atoms with E-state index in [1.807, 2.05) is 36.6 Å². The highest BCUT2D eigenvalue weighted by molar-refractivity contribution is 6.31. The standard InChI is InChI=1S/C21H20ClNO4/c1-14-10-18(15(2)23(14)12-17-7-5-9-26-17)20(24)13-27-21(25)11-16-6-3-4-8-19(16)22/h3-10H,11-13H2,1-2H3. The lowest BCUT2D eigenvalue weighted by atomic mass is 10.1. The van der Waals surface area contributed by atoms with E-state index in [0.717, 1.165) is 17.1 Å². The van der Waals surface area contributed by atoms with Gasteiger partial charge in [0, 0.05) is 22.0 Å². The molecule has 0 atom stereocenters. The van der Waals surface area contributed by atoms with Crippen LogP contribution in [0.2, 0.25) is 5.02 Å². The van der Waals surface area contributed by atoms with Crippen LogP contribution < -0.4 is 0 Å². The Morgan fingerprint density at radius 2 is 1.93 bits per heavy atom. The Labute approximate surface area is 162 Å². The summed E-state index contributed by atoms with van der Waals surface area (Å²) in [6.45, 7) is 4.05. The van der Waals surface area contributed by atoms with Gasteiger partial charge in [-0.1, -0.05) is 29.8 Å². The van der Waals surface area contributed by atoms with Crippen molar-refractivity contribution in [2.45, 2.75) is 26.8 Å². The van der Waals surface area contributed by atoms with Crippen LogP contribution in [0.25, 0.3) is 0 Å². The Morgan fingerprint density at radius 1 is 1.15 bits per heavy atom. The number of halogens is 1. The van der Waals surface area contributed by atoms with Gasteiger partial charge in [-0.3, -0.25) is 9.59 Å².